The number of hydrogen-bond acceptors (Lipinski definition) is 4. The number of aromatic nitrogens is 2. The number of halogens is 1. The first-order chi connectivity index (χ1) is 8.15. The predicted octanol–water partition coefficient (Wildman–Crippen LogP) is 2.98. The van der Waals surface area contributed by atoms with E-state index in [1.807, 2.05) is 12.1 Å². The molecule has 4 nitrogen and oxygen atoms in total. The van der Waals surface area contributed by atoms with Gasteiger partial charge in [-0.3, -0.25) is 0 Å². The summed E-state index contributed by atoms with van der Waals surface area (Å²) >= 11 is 7.05. The average Bonchev–Trinajstić information content (AvgIpc) is 2.32. The second kappa shape index (κ2) is 5.16. The molecule has 0 aliphatic carbocycles. The molecular formula is C11H7ClN2O2S. The van der Waals surface area contributed by atoms with Gasteiger partial charge in [0.25, 0.3) is 0 Å². The lowest BCUT2D eigenvalue weighted by Gasteiger charge is -2.00. The molecule has 0 fully saturated rings. The Kier molecular flexibility index (Phi) is 3.61. The lowest BCUT2D eigenvalue weighted by Crippen LogP contribution is -2.01. The lowest BCUT2D eigenvalue weighted by molar-refractivity contribution is 0.0689. The first-order valence-electron chi connectivity index (χ1n) is 4.65. The maximum Gasteiger partial charge on any atom is 0.354 e. The van der Waals surface area contributed by atoms with Crippen molar-refractivity contribution in [3.63, 3.8) is 0 Å². The number of rotatable bonds is 3. The van der Waals surface area contributed by atoms with Gasteiger partial charge >= 0.3 is 5.97 Å². The molecule has 0 unspecified atom stereocenters. The van der Waals surface area contributed by atoms with Crippen LogP contribution >= 0.6 is 23.4 Å². The van der Waals surface area contributed by atoms with Crippen molar-refractivity contribution in [2.75, 3.05) is 0 Å². The van der Waals surface area contributed by atoms with E-state index in [0.717, 1.165) is 4.90 Å². The van der Waals surface area contributed by atoms with Crippen LogP contribution in [0.5, 0.6) is 0 Å². The van der Waals surface area contributed by atoms with Crippen molar-refractivity contribution in [3.8, 4) is 0 Å². The minimum absolute atomic E-state index is 0.0172. The zero-order valence-corrected chi connectivity index (χ0v) is 10.1. The van der Waals surface area contributed by atoms with E-state index in [4.69, 9.17) is 16.7 Å². The van der Waals surface area contributed by atoms with Crippen LogP contribution in [0.15, 0.2) is 46.6 Å². The highest BCUT2D eigenvalue weighted by Gasteiger charge is 2.07. The molecule has 2 rings (SSSR count). The fourth-order valence-electron chi connectivity index (χ4n) is 1.12. The van der Waals surface area contributed by atoms with Gasteiger partial charge in [0.15, 0.2) is 10.9 Å². The number of aromatic carboxylic acids is 1. The molecule has 0 bridgehead atoms. The normalized spacial score (nSPS) is 10.2. The van der Waals surface area contributed by atoms with Crippen molar-refractivity contribution >= 4 is 29.3 Å². The van der Waals surface area contributed by atoms with E-state index in [1.54, 1.807) is 12.1 Å². The predicted molar refractivity (Wildman–Crippen MR) is 64.6 cm³/mol. The second-order valence-corrected chi connectivity index (χ2v) is 4.56. The van der Waals surface area contributed by atoms with Crippen LogP contribution in [0.4, 0.5) is 0 Å². The number of nitrogens with zero attached hydrogens (tertiary/aromatic N) is 2. The van der Waals surface area contributed by atoms with Gasteiger partial charge in [-0.1, -0.05) is 11.6 Å². The van der Waals surface area contributed by atoms with Gasteiger partial charge in [-0.25, -0.2) is 14.8 Å². The molecule has 1 aromatic carbocycles. The Hall–Kier alpha value is -1.59. The lowest BCUT2D eigenvalue weighted by atomic mass is 10.4. The minimum Gasteiger partial charge on any atom is -0.477 e. The molecular weight excluding hydrogens is 260 g/mol. The highest BCUT2D eigenvalue weighted by molar-refractivity contribution is 7.99. The molecule has 0 aliphatic heterocycles. The Labute approximate surface area is 107 Å². The highest BCUT2D eigenvalue weighted by Crippen LogP contribution is 2.25. The molecule has 0 saturated heterocycles. The van der Waals surface area contributed by atoms with Gasteiger partial charge in [0.2, 0.25) is 0 Å². The van der Waals surface area contributed by atoms with Crippen molar-refractivity contribution < 1.29 is 9.90 Å². The van der Waals surface area contributed by atoms with E-state index in [9.17, 15) is 4.79 Å². The molecule has 1 heterocycles. The molecule has 0 aliphatic rings. The van der Waals surface area contributed by atoms with Gasteiger partial charge in [0.1, 0.15) is 0 Å². The van der Waals surface area contributed by atoms with Crippen LogP contribution in [0.3, 0.4) is 0 Å². The molecule has 17 heavy (non-hydrogen) atoms. The Morgan fingerprint density at radius 1 is 1.24 bits per heavy atom. The van der Waals surface area contributed by atoms with E-state index in [0.29, 0.717) is 10.2 Å². The third-order valence-corrected chi connectivity index (χ3v) is 3.01. The van der Waals surface area contributed by atoms with Gasteiger partial charge < -0.3 is 5.11 Å². The fraction of sp³-hybridized carbons (Fsp3) is 0. The molecule has 2 aromatic rings. The van der Waals surface area contributed by atoms with E-state index in [1.165, 1.54) is 24.0 Å². The van der Waals surface area contributed by atoms with Crippen LogP contribution in [0, 0.1) is 0 Å². The van der Waals surface area contributed by atoms with Gasteiger partial charge in [-0.2, -0.15) is 0 Å². The van der Waals surface area contributed by atoms with Crippen LogP contribution in [-0.4, -0.2) is 21.0 Å². The summed E-state index contributed by atoms with van der Waals surface area (Å²) in [5.74, 6) is -1.06. The van der Waals surface area contributed by atoms with E-state index < -0.39 is 5.97 Å². The summed E-state index contributed by atoms with van der Waals surface area (Å²) in [4.78, 5) is 19.5. The molecule has 0 radical (unpaired) electrons. The first kappa shape index (κ1) is 11.9. The topological polar surface area (TPSA) is 63.1 Å². The van der Waals surface area contributed by atoms with Crippen molar-refractivity contribution in [2.45, 2.75) is 10.1 Å². The first-order valence-corrected chi connectivity index (χ1v) is 5.84. The number of benzene rings is 1. The Balaban J connectivity index is 2.21. The summed E-state index contributed by atoms with van der Waals surface area (Å²) in [5.41, 5.74) is -0.0172. The van der Waals surface area contributed by atoms with Crippen molar-refractivity contribution in [3.05, 3.63) is 47.2 Å². The van der Waals surface area contributed by atoms with Crippen molar-refractivity contribution in [1.29, 1.82) is 0 Å². The number of carboxylic acid groups (broad SMARTS) is 1. The van der Waals surface area contributed by atoms with Gasteiger partial charge in [0, 0.05) is 16.1 Å². The van der Waals surface area contributed by atoms with Crippen LogP contribution in [-0.2, 0) is 0 Å². The minimum atomic E-state index is -1.06. The average molecular weight is 267 g/mol. The van der Waals surface area contributed by atoms with E-state index >= 15 is 0 Å². The van der Waals surface area contributed by atoms with Crippen LogP contribution in [0.2, 0.25) is 5.02 Å². The summed E-state index contributed by atoms with van der Waals surface area (Å²) in [7, 11) is 0. The molecule has 0 atom stereocenters. The van der Waals surface area contributed by atoms with Gasteiger partial charge in [-0.05, 0) is 42.1 Å². The standard InChI is InChI=1S/C11H7ClN2O2S/c12-7-1-3-8(4-2-7)17-11-13-6-5-9(14-11)10(15)16/h1-6H,(H,15,16). The van der Waals surface area contributed by atoms with Gasteiger partial charge in [-0.15, -0.1) is 0 Å². The molecule has 86 valence electrons. The van der Waals surface area contributed by atoms with E-state index in [2.05, 4.69) is 9.97 Å². The summed E-state index contributed by atoms with van der Waals surface area (Å²) in [6, 6.07) is 8.51. The number of hydrogen-bond donors (Lipinski definition) is 1. The molecule has 0 amide bonds. The smallest absolute Gasteiger partial charge is 0.354 e. The summed E-state index contributed by atoms with van der Waals surface area (Å²) in [6.45, 7) is 0. The molecule has 1 aromatic heterocycles. The fourth-order valence-corrected chi connectivity index (χ4v) is 1.98. The van der Waals surface area contributed by atoms with Gasteiger partial charge in [0.05, 0.1) is 0 Å². The Bertz CT molecular complexity index is 545. The van der Waals surface area contributed by atoms with Crippen LogP contribution in [0.1, 0.15) is 10.5 Å². The zero-order chi connectivity index (χ0) is 12.3. The maximum absolute atomic E-state index is 10.7. The summed E-state index contributed by atoms with van der Waals surface area (Å²) in [6.07, 6.45) is 1.43. The second-order valence-electron chi connectivity index (χ2n) is 3.09. The monoisotopic (exact) mass is 266 g/mol. The zero-order valence-electron chi connectivity index (χ0n) is 8.50. The molecule has 0 saturated carbocycles. The SMILES string of the molecule is O=C(O)c1ccnc(Sc2ccc(Cl)cc2)n1. The summed E-state index contributed by atoms with van der Waals surface area (Å²) < 4.78 is 0. The molecule has 6 heteroatoms. The molecule has 0 spiro atoms. The van der Waals surface area contributed by atoms with E-state index in [-0.39, 0.29) is 5.69 Å². The Morgan fingerprint density at radius 3 is 2.59 bits per heavy atom. The molecule has 1 N–H and O–H groups in total. The number of carbonyl (C=O) groups is 1. The van der Waals surface area contributed by atoms with Crippen LogP contribution in [0.25, 0.3) is 0 Å². The third kappa shape index (κ3) is 3.18. The Morgan fingerprint density at radius 2 is 1.94 bits per heavy atom. The highest BCUT2D eigenvalue weighted by atomic mass is 35.5. The maximum atomic E-state index is 10.7. The van der Waals surface area contributed by atoms with Crippen LogP contribution < -0.4 is 0 Å². The quantitative estimate of drug-likeness (QED) is 0.866. The number of carboxylic acids is 1. The largest absolute Gasteiger partial charge is 0.477 e. The van der Waals surface area contributed by atoms with Crippen molar-refractivity contribution in [2.24, 2.45) is 0 Å². The summed E-state index contributed by atoms with van der Waals surface area (Å²) in [5, 5.41) is 9.84. The third-order valence-electron chi connectivity index (χ3n) is 1.88. The van der Waals surface area contributed by atoms with Crippen molar-refractivity contribution in [1.82, 2.24) is 9.97 Å².